The Balaban J connectivity index is 2.05. The first kappa shape index (κ1) is 15.0. The Bertz CT molecular complexity index is 554. The number of methoxy groups -OCH3 is 1. The number of carbonyl (C=O) groups is 1. The Morgan fingerprint density at radius 3 is 2.30 bits per heavy atom. The van der Waals surface area contributed by atoms with E-state index in [2.05, 4.69) is 0 Å². The van der Waals surface area contributed by atoms with E-state index in [1.165, 1.54) is 0 Å². The fourth-order valence-corrected chi connectivity index (χ4v) is 4.40. The number of ether oxygens (including phenoxy) is 1. The number of benzene rings is 1. The fraction of sp³-hybridized carbons (Fsp3) is 0.533. The molecule has 1 aliphatic carbocycles. The van der Waals surface area contributed by atoms with Crippen LogP contribution in [0.15, 0.2) is 24.3 Å². The van der Waals surface area contributed by atoms with Gasteiger partial charge in [-0.1, -0.05) is 19.3 Å². The van der Waals surface area contributed by atoms with E-state index >= 15 is 0 Å². The third-order valence-electron chi connectivity index (χ3n) is 3.80. The summed E-state index contributed by atoms with van der Waals surface area (Å²) in [5.41, 5.74) is 0.421. The van der Waals surface area contributed by atoms with E-state index in [4.69, 9.17) is 4.74 Å². The summed E-state index contributed by atoms with van der Waals surface area (Å²) in [7, 11) is -1.78. The number of sulfone groups is 1. The van der Waals surface area contributed by atoms with Crippen LogP contribution in [-0.4, -0.2) is 32.3 Å². The molecule has 1 aromatic carbocycles. The molecule has 0 amide bonds. The quantitative estimate of drug-likeness (QED) is 0.784. The van der Waals surface area contributed by atoms with Crippen molar-refractivity contribution in [3.05, 3.63) is 29.8 Å². The van der Waals surface area contributed by atoms with Gasteiger partial charge in [-0.15, -0.1) is 0 Å². The molecular weight excluding hydrogens is 276 g/mol. The van der Waals surface area contributed by atoms with Gasteiger partial charge in [0.1, 0.15) is 11.5 Å². The first-order valence-electron chi connectivity index (χ1n) is 6.92. The molecule has 0 heterocycles. The molecular formula is C15H20O4S. The van der Waals surface area contributed by atoms with Crippen molar-refractivity contribution in [1.29, 1.82) is 0 Å². The number of hydrogen-bond donors (Lipinski definition) is 0. The van der Waals surface area contributed by atoms with E-state index in [1.807, 2.05) is 0 Å². The van der Waals surface area contributed by atoms with Gasteiger partial charge in [-0.05, 0) is 37.1 Å². The standard InChI is InChI=1S/C15H20O4S/c1-19-13-9-7-12(8-10-13)15(16)11-20(17,18)14-5-3-2-4-6-14/h7-10,14H,2-6,11H2,1H3. The van der Waals surface area contributed by atoms with Gasteiger partial charge in [-0.3, -0.25) is 4.79 Å². The number of carbonyl (C=O) groups excluding carboxylic acids is 1. The molecule has 4 nitrogen and oxygen atoms in total. The van der Waals surface area contributed by atoms with Crippen LogP contribution in [0, 0.1) is 0 Å². The van der Waals surface area contributed by atoms with Crippen molar-refractivity contribution in [3.63, 3.8) is 0 Å². The zero-order valence-electron chi connectivity index (χ0n) is 11.7. The summed E-state index contributed by atoms with van der Waals surface area (Å²) >= 11 is 0. The Morgan fingerprint density at radius 2 is 1.75 bits per heavy atom. The SMILES string of the molecule is COc1ccc(C(=O)CS(=O)(=O)C2CCCCC2)cc1. The molecule has 0 spiro atoms. The lowest BCUT2D eigenvalue weighted by atomic mass is 10.0. The summed E-state index contributed by atoms with van der Waals surface area (Å²) in [6.45, 7) is 0. The lowest BCUT2D eigenvalue weighted by Crippen LogP contribution is -2.29. The van der Waals surface area contributed by atoms with Crippen molar-refractivity contribution >= 4 is 15.6 Å². The van der Waals surface area contributed by atoms with Crippen molar-refractivity contribution in [2.24, 2.45) is 0 Å². The van der Waals surface area contributed by atoms with Crippen molar-refractivity contribution in [2.45, 2.75) is 37.4 Å². The molecule has 0 radical (unpaired) electrons. The maximum Gasteiger partial charge on any atom is 0.177 e. The van der Waals surface area contributed by atoms with Gasteiger partial charge in [0.15, 0.2) is 15.6 Å². The van der Waals surface area contributed by atoms with E-state index in [9.17, 15) is 13.2 Å². The average Bonchev–Trinajstić information content (AvgIpc) is 2.48. The molecule has 1 aromatic rings. The minimum absolute atomic E-state index is 0.335. The minimum Gasteiger partial charge on any atom is -0.497 e. The van der Waals surface area contributed by atoms with Gasteiger partial charge >= 0.3 is 0 Å². The molecule has 0 unspecified atom stereocenters. The third kappa shape index (κ3) is 3.60. The average molecular weight is 296 g/mol. The molecule has 110 valence electrons. The molecule has 0 bridgehead atoms. The molecule has 1 fully saturated rings. The molecule has 1 saturated carbocycles. The van der Waals surface area contributed by atoms with Gasteiger partial charge in [0, 0.05) is 5.56 Å². The summed E-state index contributed by atoms with van der Waals surface area (Å²) in [5.74, 6) is -0.0702. The number of Topliss-reactive ketones (excluding diaryl/α,β-unsaturated/α-hetero) is 1. The molecule has 0 saturated heterocycles. The van der Waals surface area contributed by atoms with Gasteiger partial charge in [-0.2, -0.15) is 0 Å². The Morgan fingerprint density at radius 1 is 1.15 bits per heavy atom. The molecule has 0 N–H and O–H groups in total. The summed E-state index contributed by atoms with van der Waals surface area (Å²) in [6, 6.07) is 6.55. The topological polar surface area (TPSA) is 60.4 Å². The summed E-state index contributed by atoms with van der Waals surface area (Å²) in [6.07, 6.45) is 4.37. The van der Waals surface area contributed by atoms with Crippen LogP contribution < -0.4 is 4.74 Å². The second-order valence-electron chi connectivity index (χ2n) is 5.22. The second kappa shape index (κ2) is 6.39. The smallest absolute Gasteiger partial charge is 0.177 e. The molecule has 0 aliphatic heterocycles. The zero-order valence-corrected chi connectivity index (χ0v) is 12.5. The highest BCUT2D eigenvalue weighted by molar-refractivity contribution is 7.92. The van der Waals surface area contributed by atoms with E-state index in [-0.39, 0.29) is 16.8 Å². The Labute approximate surface area is 120 Å². The van der Waals surface area contributed by atoms with Crippen molar-refractivity contribution < 1.29 is 17.9 Å². The largest absolute Gasteiger partial charge is 0.497 e. The highest BCUT2D eigenvalue weighted by atomic mass is 32.2. The van der Waals surface area contributed by atoms with Crippen molar-refractivity contribution in [2.75, 3.05) is 12.9 Å². The molecule has 20 heavy (non-hydrogen) atoms. The van der Waals surface area contributed by atoms with Crippen LogP contribution in [0.2, 0.25) is 0 Å². The maximum atomic E-state index is 12.2. The minimum atomic E-state index is -3.33. The monoisotopic (exact) mass is 296 g/mol. The van der Waals surface area contributed by atoms with E-state index in [0.29, 0.717) is 24.2 Å². The number of ketones is 1. The molecule has 1 aliphatic rings. The number of rotatable bonds is 5. The fourth-order valence-electron chi connectivity index (χ4n) is 2.59. The van der Waals surface area contributed by atoms with Crippen LogP contribution in [0.4, 0.5) is 0 Å². The van der Waals surface area contributed by atoms with E-state index < -0.39 is 9.84 Å². The lowest BCUT2D eigenvalue weighted by Gasteiger charge is -2.21. The predicted molar refractivity (Wildman–Crippen MR) is 78.0 cm³/mol. The van der Waals surface area contributed by atoms with Gasteiger partial charge in [-0.25, -0.2) is 8.42 Å². The summed E-state index contributed by atoms with van der Waals surface area (Å²) < 4.78 is 29.5. The van der Waals surface area contributed by atoms with Crippen LogP contribution >= 0.6 is 0 Å². The number of hydrogen-bond acceptors (Lipinski definition) is 4. The van der Waals surface area contributed by atoms with Crippen LogP contribution in [0.1, 0.15) is 42.5 Å². The third-order valence-corrected chi connectivity index (χ3v) is 5.96. The molecule has 5 heteroatoms. The van der Waals surface area contributed by atoms with E-state index in [1.54, 1.807) is 31.4 Å². The van der Waals surface area contributed by atoms with Gasteiger partial charge in [0.25, 0.3) is 0 Å². The van der Waals surface area contributed by atoms with Crippen molar-refractivity contribution in [3.8, 4) is 5.75 Å². The first-order chi connectivity index (χ1) is 9.53. The second-order valence-corrected chi connectivity index (χ2v) is 7.50. The molecule has 0 atom stereocenters. The zero-order chi connectivity index (χ0) is 14.6. The van der Waals surface area contributed by atoms with Crippen molar-refractivity contribution in [1.82, 2.24) is 0 Å². The normalized spacial score (nSPS) is 16.9. The van der Waals surface area contributed by atoms with Crippen LogP contribution in [0.5, 0.6) is 5.75 Å². The predicted octanol–water partition coefficient (Wildman–Crippen LogP) is 2.63. The summed E-state index contributed by atoms with van der Waals surface area (Å²) in [4.78, 5) is 12.1. The molecule has 2 rings (SSSR count). The van der Waals surface area contributed by atoms with E-state index in [0.717, 1.165) is 19.3 Å². The van der Waals surface area contributed by atoms with Crippen LogP contribution in [0.3, 0.4) is 0 Å². The van der Waals surface area contributed by atoms with Crippen LogP contribution in [-0.2, 0) is 9.84 Å². The van der Waals surface area contributed by atoms with Gasteiger partial charge < -0.3 is 4.74 Å². The highest BCUT2D eigenvalue weighted by Crippen LogP contribution is 2.24. The van der Waals surface area contributed by atoms with Gasteiger partial charge in [0.05, 0.1) is 12.4 Å². The maximum absolute atomic E-state index is 12.2. The summed E-state index contributed by atoms with van der Waals surface area (Å²) in [5, 5.41) is -0.335. The highest BCUT2D eigenvalue weighted by Gasteiger charge is 2.29. The first-order valence-corrected chi connectivity index (χ1v) is 8.63. The Kier molecular flexibility index (Phi) is 4.81. The lowest BCUT2D eigenvalue weighted by molar-refractivity contribution is 0.102. The molecule has 0 aromatic heterocycles. The van der Waals surface area contributed by atoms with Gasteiger partial charge in [0.2, 0.25) is 0 Å². The van der Waals surface area contributed by atoms with Crippen LogP contribution in [0.25, 0.3) is 0 Å². The Hall–Kier alpha value is -1.36.